The van der Waals surface area contributed by atoms with Gasteiger partial charge in [-0.1, -0.05) is 40.2 Å². The molecule has 0 radical (unpaired) electrons. The molecule has 0 aliphatic heterocycles. The summed E-state index contributed by atoms with van der Waals surface area (Å²) in [6.45, 7) is 8.47. The van der Waals surface area contributed by atoms with Crippen LogP contribution in [0.1, 0.15) is 56.6 Å². The second-order valence-electron chi connectivity index (χ2n) is 7.93. The highest BCUT2D eigenvalue weighted by molar-refractivity contribution is 5.99. The predicted octanol–water partition coefficient (Wildman–Crippen LogP) is 3.74. The largest absolute Gasteiger partial charge is 0.329 e. The van der Waals surface area contributed by atoms with E-state index in [4.69, 9.17) is 0 Å². The van der Waals surface area contributed by atoms with Gasteiger partial charge in [-0.3, -0.25) is 14.3 Å². The van der Waals surface area contributed by atoms with Gasteiger partial charge in [0.2, 0.25) is 5.91 Å². The number of carbonyl (C=O) groups excluding carboxylic acids is 2. The van der Waals surface area contributed by atoms with Crippen molar-refractivity contribution in [3.05, 3.63) is 47.4 Å². The Balaban J connectivity index is 2.12. The molecule has 0 atom stereocenters. The molecule has 7 heteroatoms. The Kier molecular flexibility index (Phi) is 6.94. The number of hydrogen-bond acceptors (Lipinski definition) is 3. The molecule has 6 nitrogen and oxygen atoms in total. The molecule has 0 fully saturated rings. The summed E-state index contributed by atoms with van der Waals surface area (Å²) in [6.07, 6.45) is 1.64. The molecule has 1 aromatic carbocycles. The Bertz CT molecular complexity index is 839. The van der Waals surface area contributed by atoms with E-state index in [1.807, 2.05) is 33.8 Å². The lowest BCUT2D eigenvalue weighted by Gasteiger charge is -2.22. The van der Waals surface area contributed by atoms with Crippen LogP contribution in [0.15, 0.2) is 30.3 Å². The van der Waals surface area contributed by atoms with E-state index in [0.29, 0.717) is 12.4 Å². The number of halogens is 1. The van der Waals surface area contributed by atoms with Crippen LogP contribution in [0.3, 0.4) is 0 Å². The predicted molar refractivity (Wildman–Crippen MR) is 108 cm³/mol. The number of aryl methyl sites for hydroxylation is 1. The third-order valence-electron chi connectivity index (χ3n) is 4.39. The van der Waals surface area contributed by atoms with E-state index in [1.54, 1.807) is 17.8 Å². The van der Waals surface area contributed by atoms with Crippen LogP contribution in [0, 0.1) is 5.82 Å². The summed E-state index contributed by atoms with van der Waals surface area (Å²) < 4.78 is 15.1. The molecular weight excluding hydrogens is 359 g/mol. The molecular formula is C21H29FN4O2. The van der Waals surface area contributed by atoms with Gasteiger partial charge in [-0.2, -0.15) is 5.10 Å². The van der Waals surface area contributed by atoms with Gasteiger partial charge in [-0.25, -0.2) is 4.39 Å². The minimum atomic E-state index is -0.477. The highest BCUT2D eigenvalue weighted by Crippen LogP contribution is 2.23. The molecule has 0 aliphatic carbocycles. The van der Waals surface area contributed by atoms with Gasteiger partial charge in [-0.15, -0.1) is 0 Å². The quantitative estimate of drug-likeness (QED) is 0.786. The second-order valence-corrected chi connectivity index (χ2v) is 7.93. The van der Waals surface area contributed by atoms with Gasteiger partial charge in [0.05, 0.1) is 5.69 Å². The van der Waals surface area contributed by atoms with Gasteiger partial charge in [0.15, 0.2) is 0 Å². The van der Waals surface area contributed by atoms with Gasteiger partial charge in [0.1, 0.15) is 18.2 Å². The summed E-state index contributed by atoms with van der Waals surface area (Å²) in [5.41, 5.74) is 0.963. The van der Waals surface area contributed by atoms with Crippen molar-refractivity contribution >= 4 is 17.6 Å². The number of amides is 2. The third kappa shape index (κ3) is 5.65. The Labute approximate surface area is 165 Å². The first kappa shape index (κ1) is 21.6. The number of rotatable bonds is 7. The van der Waals surface area contributed by atoms with Crippen LogP contribution in [-0.4, -0.2) is 39.6 Å². The van der Waals surface area contributed by atoms with Gasteiger partial charge in [0, 0.05) is 30.6 Å². The first-order valence-corrected chi connectivity index (χ1v) is 9.51. The van der Waals surface area contributed by atoms with Crippen LogP contribution in [0.5, 0.6) is 0 Å². The minimum Gasteiger partial charge on any atom is -0.329 e. The number of unbranched alkanes of at least 4 members (excludes halogenated alkanes) is 1. The van der Waals surface area contributed by atoms with E-state index in [0.717, 1.165) is 18.5 Å². The van der Waals surface area contributed by atoms with Crippen molar-refractivity contribution in [2.45, 2.75) is 46.0 Å². The Morgan fingerprint density at radius 3 is 2.54 bits per heavy atom. The van der Waals surface area contributed by atoms with Crippen molar-refractivity contribution < 1.29 is 14.0 Å². The molecule has 152 valence electrons. The Morgan fingerprint density at radius 2 is 1.96 bits per heavy atom. The first-order valence-electron chi connectivity index (χ1n) is 9.51. The van der Waals surface area contributed by atoms with E-state index < -0.39 is 5.82 Å². The Morgan fingerprint density at radius 1 is 1.25 bits per heavy atom. The fraction of sp³-hybridized carbons (Fsp3) is 0.476. The standard InChI is InChI=1S/C21H29FN4O2/c1-6-7-11-26(20(28)15-9-8-10-16(22)12-15)14-19(27)23-18-13-17(21(2,3)4)24-25(18)5/h8-10,12-13H,6-7,11,14H2,1-5H3,(H,23,27). The van der Waals surface area contributed by atoms with E-state index in [9.17, 15) is 14.0 Å². The van der Waals surface area contributed by atoms with Gasteiger partial charge in [0.25, 0.3) is 5.91 Å². The van der Waals surface area contributed by atoms with Crippen LogP contribution in [0.2, 0.25) is 0 Å². The van der Waals surface area contributed by atoms with Crippen LogP contribution < -0.4 is 5.32 Å². The fourth-order valence-corrected chi connectivity index (χ4v) is 2.71. The molecule has 1 aromatic heterocycles. The molecule has 1 heterocycles. The van der Waals surface area contributed by atoms with Crippen molar-refractivity contribution in [3.63, 3.8) is 0 Å². The molecule has 0 saturated carbocycles. The maximum Gasteiger partial charge on any atom is 0.254 e. The summed E-state index contributed by atoms with van der Waals surface area (Å²) >= 11 is 0. The minimum absolute atomic E-state index is 0.106. The monoisotopic (exact) mass is 388 g/mol. The maximum atomic E-state index is 13.5. The molecule has 28 heavy (non-hydrogen) atoms. The van der Waals surface area contributed by atoms with Crippen LogP contribution in [0.25, 0.3) is 0 Å². The number of benzene rings is 1. The van der Waals surface area contributed by atoms with Gasteiger partial charge < -0.3 is 10.2 Å². The average molecular weight is 388 g/mol. The van der Waals surface area contributed by atoms with Crippen molar-refractivity contribution in [1.29, 1.82) is 0 Å². The number of hydrogen-bond donors (Lipinski definition) is 1. The SMILES string of the molecule is CCCCN(CC(=O)Nc1cc(C(C)(C)C)nn1C)C(=O)c1cccc(F)c1. The zero-order chi connectivity index (χ0) is 20.9. The van der Waals surface area contributed by atoms with Crippen molar-refractivity contribution in [3.8, 4) is 0 Å². The molecule has 1 N–H and O–H groups in total. The number of aromatic nitrogens is 2. The van der Waals surface area contributed by atoms with Gasteiger partial charge >= 0.3 is 0 Å². The number of anilines is 1. The summed E-state index contributed by atoms with van der Waals surface area (Å²) in [6, 6.07) is 7.36. The number of carbonyl (C=O) groups is 2. The summed E-state index contributed by atoms with van der Waals surface area (Å²) in [7, 11) is 1.76. The number of nitrogens with zero attached hydrogens (tertiary/aromatic N) is 3. The smallest absolute Gasteiger partial charge is 0.254 e. The Hall–Kier alpha value is -2.70. The lowest BCUT2D eigenvalue weighted by molar-refractivity contribution is -0.117. The third-order valence-corrected chi connectivity index (χ3v) is 4.39. The van der Waals surface area contributed by atoms with E-state index >= 15 is 0 Å². The van der Waals surface area contributed by atoms with Gasteiger partial charge in [-0.05, 0) is 24.6 Å². The first-order chi connectivity index (χ1) is 13.1. The van der Waals surface area contributed by atoms with Crippen LogP contribution >= 0.6 is 0 Å². The zero-order valence-corrected chi connectivity index (χ0v) is 17.3. The number of nitrogens with one attached hydrogen (secondary N) is 1. The molecule has 0 unspecified atom stereocenters. The molecule has 0 aliphatic rings. The maximum absolute atomic E-state index is 13.5. The summed E-state index contributed by atoms with van der Waals surface area (Å²) in [4.78, 5) is 26.8. The molecule has 2 rings (SSSR count). The molecule has 0 saturated heterocycles. The topological polar surface area (TPSA) is 67.2 Å². The highest BCUT2D eigenvalue weighted by atomic mass is 19.1. The second kappa shape index (κ2) is 8.99. The van der Waals surface area contributed by atoms with Crippen LogP contribution in [-0.2, 0) is 17.3 Å². The van der Waals surface area contributed by atoms with E-state index in [1.165, 1.54) is 23.1 Å². The molecule has 0 spiro atoms. The summed E-state index contributed by atoms with van der Waals surface area (Å²) in [5, 5.41) is 7.26. The lowest BCUT2D eigenvalue weighted by Crippen LogP contribution is -2.39. The average Bonchev–Trinajstić information content (AvgIpc) is 2.99. The molecule has 2 aromatic rings. The van der Waals surface area contributed by atoms with E-state index in [-0.39, 0.29) is 29.3 Å². The summed E-state index contributed by atoms with van der Waals surface area (Å²) in [5.74, 6) is -0.577. The van der Waals surface area contributed by atoms with E-state index in [2.05, 4.69) is 10.4 Å². The van der Waals surface area contributed by atoms with Crippen molar-refractivity contribution in [2.75, 3.05) is 18.4 Å². The lowest BCUT2D eigenvalue weighted by atomic mass is 9.92. The zero-order valence-electron chi connectivity index (χ0n) is 17.3. The molecule has 2 amide bonds. The van der Waals surface area contributed by atoms with Crippen molar-refractivity contribution in [1.82, 2.24) is 14.7 Å². The normalized spacial score (nSPS) is 11.4. The molecule has 0 bridgehead atoms. The van der Waals surface area contributed by atoms with Crippen LogP contribution in [0.4, 0.5) is 10.2 Å². The fourth-order valence-electron chi connectivity index (χ4n) is 2.71. The highest BCUT2D eigenvalue weighted by Gasteiger charge is 2.22. The van der Waals surface area contributed by atoms with Crippen molar-refractivity contribution in [2.24, 2.45) is 7.05 Å².